The standard InChI is InChI=1S/C24H27FN6/c1-15-17(13-26)5-4-6-18(15)14-28-24-21-12-23(31(3)19-7-9-27-10-8-19)22(25)11-20(21)16(2)29-30-24/h4-6,11-12,19,27H,7-10,14H2,1-3H3,(H,28,30). The molecule has 160 valence electrons. The second kappa shape index (κ2) is 8.86. The molecule has 2 N–H and O–H groups in total. The van der Waals surface area contributed by atoms with Crippen LogP contribution in [0.4, 0.5) is 15.9 Å². The molecule has 0 amide bonds. The summed E-state index contributed by atoms with van der Waals surface area (Å²) in [5.41, 5.74) is 3.89. The Bertz CT molecular complexity index is 1150. The van der Waals surface area contributed by atoms with E-state index in [-0.39, 0.29) is 5.82 Å². The van der Waals surface area contributed by atoms with E-state index in [4.69, 9.17) is 0 Å². The van der Waals surface area contributed by atoms with E-state index in [1.807, 2.05) is 45.2 Å². The van der Waals surface area contributed by atoms with Crippen molar-refractivity contribution in [3.05, 3.63) is 58.5 Å². The third-order valence-electron chi connectivity index (χ3n) is 6.28. The van der Waals surface area contributed by atoms with Crippen molar-refractivity contribution in [1.29, 1.82) is 5.26 Å². The van der Waals surface area contributed by atoms with Crippen molar-refractivity contribution in [1.82, 2.24) is 15.5 Å². The molecule has 31 heavy (non-hydrogen) atoms. The highest BCUT2D eigenvalue weighted by Gasteiger charge is 2.22. The molecule has 0 unspecified atom stereocenters. The molecule has 2 heterocycles. The van der Waals surface area contributed by atoms with Gasteiger partial charge in [0.2, 0.25) is 0 Å². The Morgan fingerprint density at radius 1 is 1.19 bits per heavy atom. The topological polar surface area (TPSA) is 76.9 Å². The molecule has 6 nitrogen and oxygen atoms in total. The van der Waals surface area contributed by atoms with Crippen LogP contribution >= 0.6 is 0 Å². The van der Waals surface area contributed by atoms with Gasteiger partial charge in [-0.1, -0.05) is 12.1 Å². The van der Waals surface area contributed by atoms with Crippen LogP contribution in [-0.2, 0) is 6.54 Å². The van der Waals surface area contributed by atoms with Crippen LogP contribution < -0.4 is 15.5 Å². The SMILES string of the molecule is Cc1c(C#N)cccc1CNc1nnc(C)c2cc(F)c(N(C)C3CCNCC3)cc12. The minimum atomic E-state index is -0.242. The fraction of sp³-hybridized carbons (Fsp3) is 0.375. The minimum absolute atomic E-state index is 0.242. The zero-order valence-corrected chi connectivity index (χ0v) is 18.2. The fourth-order valence-electron chi connectivity index (χ4n) is 4.26. The predicted molar refractivity (Wildman–Crippen MR) is 122 cm³/mol. The number of benzene rings is 2. The van der Waals surface area contributed by atoms with Crippen molar-refractivity contribution in [2.45, 2.75) is 39.3 Å². The lowest BCUT2D eigenvalue weighted by molar-refractivity contribution is 0.440. The molecule has 7 heteroatoms. The molecule has 0 spiro atoms. The monoisotopic (exact) mass is 418 g/mol. The molecule has 0 aliphatic carbocycles. The zero-order chi connectivity index (χ0) is 22.0. The maximum absolute atomic E-state index is 15.1. The average molecular weight is 419 g/mol. The summed E-state index contributed by atoms with van der Waals surface area (Å²) in [6, 6.07) is 11.7. The number of nitriles is 1. The molecule has 1 aliphatic rings. The molecule has 1 aromatic heterocycles. The number of hydrogen-bond acceptors (Lipinski definition) is 6. The molecule has 3 aromatic rings. The van der Waals surface area contributed by atoms with Crippen molar-refractivity contribution in [3.63, 3.8) is 0 Å². The molecule has 0 radical (unpaired) electrons. The van der Waals surface area contributed by atoms with E-state index < -0.39 is 0 Å². The van der Waals surface area contributed by atoms with Crippen molar-refractivity contribution >= 4 is 22.3 Å². The third-order valence-corrected chi connectivity index (χ3v) is 6.28. The van der Waals surface area contributed by atoms with Crippen LogP contribution in [0.25, 0.3) is 10.8 Å². The van der Waals surface area contributed by atoms with Gasteiger partial charge >= 0.3 is 0 Å². The Balaban J connectivity index is 1.69. The molecule has 0 atom stereocenters. The van der Waals surface area contributed by atoms with E-state index in [9.17, 15) is 5.26 Å². The summed E-state index contributed by atoms with van der Waals surface area (Å²) >= 11 is 0. The van der Waals surface area contributed by atoms with Crippen LogP contribution in [0.2, 0.25) is 0 Å². The maximum atomic E-state index is 15.1. The number of aryl methyl sites for hydroxylation is 1. The highest BCUT2D eigenvalue weighted by atomic mass is 19.1. The lowest BCUT2D eigenvalue weighted by atomic mass is 10.0. The average Bonchev–Trinajstić information content (AvgIpc) is 2.79. The van der Waals surface area contributed by atoms with Crippen molar-refractivity contribution in [2.24, 2.45) is 0 Å². The van der Waals surface area contributed by atoms with Gasteiger partial charge in [0.1, 0.15) is 5.82 Å². The summed E-state index contributed by atoms with van der Waals surface area (Å²) in [6.07, 6.45) is 1.97. The molecular weight excluding hydrogens is 391 g/mol. The van der Waals surface area contributed by atoms with Crippen LogP contribution in [0.15, 0.2) is 30.3 Å². The number of piperidine rings is 1. The van der Waals surface area contributed by atoms with E-state index >= 15 is 4.39 Å². The molecular formula is C24H27FN6. The summed E-state index contributed by atoms with van der Waals surface area (Å²) in [4.78, 5) is 2.05. The van der Waals surface area contributed by atoms with Gasteiger partial charge in [0.05, 0.1) is 23.0 Å². The first-order valence-corrected chi connectivity index (χ1v) is 10.6. The zero-order valence-electron chi connectivity index (χ0n) is 18.2. The Morgan fingerprint density at radius 3 is 2.71 bits per heavy atom. The molecule has 0 saturated carbocycles. The van der Waals surface area contributed by atoms with Gasteiger partial charge in [-0.25, -0.2) is 4.39 Å². The number of nitrogens with one attached hydrogen (secondary N) is 2. The normalized spacial score (nSPS) is 14.4. The number of hydrogen-bond donors (Lipinski definition) is 2. The lowest BCUT2D eigenvalue weighted by Crippen LogP contribution is -2.41. The number of aromatic nitrogens is 2. The fourth-order valence-corrected chi connectivity index (χ4v) is 4.26. The third kappa shape index (κ3) is 4.17. The van der Waals surface area contributed by atoms with E-state index in [2.05, 4.69) is 31.8 Å². The summed E-state index contributed by atoms with van der Waals surface area (Å²) in [7, 11) is 1.96. The number of halogens is 1. The quantitative estimate of drug-likeness (QED) is 0.651. The van der Waals surface area contributed by atoms with Crippen LogP contribution in [0.3, 0.4) is 0 Å². The van der Waals surface area contributed by atoms with Crippen LogP contribution in [0.5, 0.6) is 0 Å². The molecule has 1 fully saturated rings. The Kier molecular flexibility index (Phi) is 6.01. The highest BCUT2D eigenvalue weighted by molar-refractivity contribution is 5.95. The Morgan fingerprint density at radius 2 is 1.97 bits per heavy atom. The highest BCUT2D eigenvalue weighted by Crippen LogP contribution is 2.32. The summed E-state index contributed by atoms with van der Waals surface area (Å²) in [5.74, 6) is 0.371. The van der Waals surface area contributed by atoms with Gasteiger partial charge in [-0.15, -0.1) is 5.10 Å². The Hall–Kier alpha value is -3.24. The van der Waals surface area contributed by atoms with Gasteiger partial charge in [-0.05, 0) is 69.1 Å². The van der Waals surface area contributed by atoms with Gasteiger partial charge in [0.25, 0.3) is 0 Å². The second-order valence-electron chi connectivity index (χ2n) is 8.13. The summed E-state index contributed by atoms with van der Waals surface area (Å²) in [5, 5.41) is 26.2. The van der Waals surface area contributed by atoms with E-state index in [1.54, 1.807) is 6.07 Å². The molecule has 0 bridgehead atoms. The van der Waals surface area contributed by atoms with E-state index in [1.165, 1.54) is 0 Å². The van der Waals surface area contributed by atoms with Crippen molar-refractivity contribution in [3.8, 4) is 6.07 Å². The van der Waals surface area contributed by atoms with Crippen LogP contribution in [0, 0.1) is 31.0 Å². The van der Waals surface area contributed by atoms with E-state index in [0.717, 1.165) is 47.8 Å². The first kappa shape index (κ1) is 21.0. The van der Waals surface area contributed by atoms with Gasteiger partial charge in [-0.2, -0.15) is 10.4 Å². The molecule has 4 rings (SSSR count). The smallest absolute Gasteiger partial charge is 0.156 e. The van der Waals surface area contributed by atoms with Gasteiger partial charge in [-0.3, -0.25) is 0 Å². The van der Waals surface area contributed by atoms with E-state index in [0.29, 0.717) is 35.3 Å². The largest absolute Gasteiger partial charge is 0.369 e. The first-order valence-electron chi connectivity index (χ1n) is 10.6. The van der Waals surface area contributed by atoms with Crippen LogP contribution in [-0.4, -0.2) is 36.4 Å². The molecule has 2 aromatic carbocycles. The number of anilines is 2. The number of fused-ring (bicyclic) bond motifs is 1. The Labute approximate surface area is 182 Å². The predicted octanol–water partition coefficient (Wildman–Crippen LogP) is 4.06. The summed E-state index contributed by atoms with van der Waals surface area (Å²) in [6.45, 7) is 6.18. The van der Waals surface area contributed by atoms with Crippen molar-refractivity contribution in [2.75, 3.05) is 30.4 Å². The van der Waals surface area contributed by atoms with Gasteiger partial charge in [0.15, 0.2) is 5.82 Å². The maximum Gasteiger partial charge on any atom is 0.156 e. The minimum Gasteiger partial charge on any atom is -0.369 e. The lowest BCUT2D eigenvalue weighted by Gasteiger charge is -2.33. The second-order valence-corrected chi connectivity index (χ2v) is 8.13. The van der Waals surface area contributed by atoms with Crippen LogP contribution in [0.1, 0.15) is 35.2 Å². The van der Waals surface area contributed by atoms with Crippen molar-refractivity contribution < 1.29 is 4.39 Å². The van der Waals surface area contributed by atoms with Gasteiger partial charge in [0, 0.05) is 30.4 Å². The number of rotatable bonds is 5. The summed E-state index contributed by atoms with van der Waals surface area (Å²) < 4.78 is 15.1. The number of nitrogens with zero attached hydrogens (tertiary/aromatic N) is 4. The van der Waals surface area contributed by atoms with Gasteiger partial charge < -0.3 is 15.5 Å². The molecule has 1 aliphatic heterocycles. The molecule has 1 saturated heterocycles. The first-order chi connectivity index (χ1) is 15.0.